The molecule has 0 fully saturated rings. The Bertz CT molecular complexity index is 359. The van der Waals surface area contributed by atoms with Crippen LogP contribution in [0.3, 0.4) is 0 Å². The molecule has 14 heavy (non-hydrogen) atoms. The SMILES string of the molecule is CC(C)NS(=O)c1cn(C)c(C=O)n1. The number of hydrogen-bond donors (Lipinski definition) is 1. The molecule has 0 aromatic carbocycles. The van der Waals surface area contributed by atoms with E-state index in [4.69, 9.17) is 0 Å². The summed E-state index contributed by atoms with van der Waals surface area (Å²) in [6, 6.07) is 0.109. The van der Waals surface area contributed by atoms with Crippen molar-refractivity contribution in [3.05, 3.63) is 12.0 Å². The van der Waals surface area contributed by atoms with E-state index in [1.54, 1.807) is 17.8 Å². The third-order valence-corrected chi connectivity index (χ3v) is 2.79. The molecule has 1 heterocycles. The second-order valence-corrected chi connectivity index (χ2v) is 4.40. The van der Waals surface area contributed by atoms with Crippen molar-refractivity contribution < 1.29 is 9.00 Å². The molecule has 0 aliphatic heterocycles. The van der Waals surface area contributed by atoms with Gasteiger partial charge in [-0.1, -0.05) is 0 Å². The monoisotopic (exact) mass is 215 g/mol. The van der Waals surface area contributed by atoms with Gasteiger partial charge in [-0.05, 0) is 13.8 Å². The van der Waals surface area contributed by atoms with Crippen molar-refractivity contribution >= 4 is 17.3 Å². The summed E-state index contributed by atoms with van der Waals surface area (Å²) >= 11 is 0. The predicted octanol–water partition coefficient (Wildman–Crippen LogP) is 0.253. The first-order chi connectivity index (χ1) is 6.54. The lowest BCUT2D eigenvalue weighted by Crippen LogP contribution is -2.25. The highest BCUT2D eigenvalue weighted by Crippen LogP contribution is 2.03. The Kier molecular flexibility index (Phi) is 3.54. The Balaban J connectivity index is 2.86. The van der Waals surface area contributed by atoms with Crippen LogP contribution >= 0.6 is 0 Å². The van der Waals surface area contributed by atoms with Gasteiger partial charge in [0.05, 0.1) is 0 Å². The van der Waals surface area contributed by atoms with Gasteiger partial charge in [-0.25, -0.2) is 13.9 Å². The molecule has 0 bridgehead atoms. The number of aromatic nitrogens is 2. The highest BCUT2D eigenvalue weighted by molar-refractivity contribution is 7.83. The minimum Gasteiger partial charge on any atom is -0.330 e. The normalized spacial score (nSPS) is 13.1. The van der Waals surface area contributed by atoms with Crippen LogP contribution in [0.5, 0.6) is 0 Å². The van der Waals surface area contributed by atoms with Gasteiger partial charge >= 0.3 is 0 Å². The minimum atomic E-state index is -1.35. The third-order valence-electron chi connectivity index (χ3n) is 1.53. The van der Waals surface area contributed by atoms with Crippen LogP contribution in [-0.4, -0.2) is 26.1 Å². The molecule has 0 spiro atoms. The summed E-state index contributed by atoms with van der Waals surface area (Å²) in [5.74, 6) is 0.277. The zero-order valence-electron chi connectivity index (χ0n) is 8.35. The highest BCUT2D eigenvalue weighted by Gasteiger charge is 2.11. The fraction of sp³-hybridized carbons (Fsp3) is 0.500. The van der Waals surface area contributed by atoms with Crippen molar-refractivity contribution in [1.29, 1.82) is 0 Å². The summed E-state index contributed by atoms with van der Waals surface area (Å²) in [7, 11) is 0.342. The minimum absolute atomic E-state index is 0.109. The van der Waals surface area contributed by atoms with Gasteiger partial charge in [-0.2, -0.15) is 0 Å². The molecule has 1 aromatic rings. The maximum absolute atomic E-state index is 11.5. The Morgan fingerprint density at radius 1 is 1.64 bits per heavy atom. The molecule has 0 saturated carbocycles. The van der Waals surface area contributed by atoms with Crippen LogP contribution in [0.15, 0.2) is 11.2 Å². The number of carbonyl (C=O) groups excluding carboxylic acids is 1. The van der Waals surface area contributed by atoms with Crippen LogP contribution in [0.2, 0.25) is 0 Å². The number of imidazole rings is 1. The van der Waals surface area contributed by atoms with E-state index in [9.17, 15) is 9.00 Å². The summed E-state index contributed by atoms with van der Waals surface area (Å²) in [5, 5.41) is 0.378. The third kappa shape index (κ3) is 2.49. The maximum Gasteiger partial charge on any atom is 0.185 e. The molecule has 6 heteroatoms. The Morgan fingerprint density at radius 2 is 2.29 bits per heavy atom. The fourth-order valence-electron chi connectivity index (χ4n) is 0.926. The van der Waals surface area contributed by atoms with E-state index >= 15 is 0 Å². The number of nitrogens with zero attached hydrogens (tertiary/aromatic N) is 2. The van der Waals surface area contributed by atoms with Crippen LogP contribution in [0.4, 0.5) is 0 Å². The molecule has 1 rings (SSSR count). The summed E-state index contributed by atoms with van der Waals surface area (Å²) < 4.78 is 15.9. The standard InChI is InChI=1S/C8H13N3O2S/c1-6(2)10-14(13)8-4-11(3)7(5-12)9-8/h4-6,10H,1-3H3. The molecule has 1 atom stereocenters. The quantitative estimate of drug-likeness (QED) is 0.732. The van der Waals surface area contributed by atoms with Crippen LogP contribution in [0.25, 0.3) is 0 Å². The Labute approximate surface area is 85.1 Å². The molecule has 1 unspecified atom stereocenters. The fourth-order valence-corrected chi connectivity index (χ4v) is 1.90. The van der Waals surface area contributed by atoms with E-state index in [2.05, 4.69) is 9.71 Å². The van der Waals surface area contributed by atoms with Crippen LogP contribution < -0.4 is 4.72 Å². The molecule has 78 valence electrons. The van der Waals surface area contributed by atoms with Crippen molar-refractivity contribution in [2.24, 2.45) is 7.05 Å². The molecule has 1 N–H and O–H groups in total. The Morgan fingerprint density at radius 3 is 2.71 bits per heavy atom. The van der Waals surface area contributed by atoms with Crippen LogP contribution in [0.1, 0.15) is 24.5 Å². The molecular formula is C8H13N3O2S. The molecule has 0 aliphatic rings. The van der Waals surface area contributed by atoms with Gasteiger partial charge in [0.1, 0.15) is 11.0 Å². The van der Waals surface area contributed by atoms with Crippen molar-refractivity contribution in [3.63, 3.8) is 0 Å². The zero-order chi connectivity index (χ0) is 10.7. The summed E-state index contributed by atoms with van der Waals surface area (Å²) in [4.78, 5) is 14.4. The zero-order valence-corrected chi connectivity index (χ0v) is 9.17. The van der Waals surface area contributed by atoms with E-state index < -0.39 is 11.0 Å². The average molecular weight is 215 g/mol. The van der Waals surface area contributed by atoms with Gasteiger partial charge in [-0.3, -0.25) is 4.79 Å². The topological polar surface area (TPSA) is 64.0 Å². The van der Waals surface area contributed by atoms with E-state index in [-0.39, 0.29) is 11.9 Å². The van der Waals surface area contributed by atoms with Gasteiger partial charge in [0, 0.05) is 19.3 Å². The van der Waals surface area contributed by atoms with E-state index in [0.29, 0.717) is 11.3 Å². The average Bonchev–Trinajstić information content (AvgIpc) is 2.45. The van der Waals surface area contributed by atoms with E-state index in [1.165, 1.54) is 0 Å². The largest absolute Gasteiger partial charge is 0.330 e. The molecule has 0 saturated heterocycles. The van der Waals surface area contributed by atoms with Crippen molar-refractivity contribution in [2.75, 3.05) is 0 Å². The molecular weight excluding hydrogens is 202 g/mol. The molecule has 0 amide bonds. The van der Waals surface area contributed by atoms with E-state index in [0.717, 1.165) is 0 Å². The van der Waals surface area contributed by atoms with Gasteiger partial charge < -0.3 is 4.57 Å². The van der Waals surface area contributed by atoms with Gasteiger partial charge in [0.25, 0.3) is 0 Å². The lowest BCUT2D eigenvalue weighted by atomic mass is 10.4. The molecule has 0 radical (unpaired) electrons. The predicted molar refractivity (Wildman–Crippen MR) is 53.3 cm³/mol. The summed E-state index contributed by atoms with van der Waals surface area (Å²) in [5.41, 5.74) is 0. The van der Waals surface area contributed by atoms with Crippen molar-refractivity contribution in [1.82, 2.24) is 14.3 Å². The summed E-state index contributed by atoms with van der Waals surface area (Å²) in [6.45, 7) is 3.78. The van der Waals surface area contributed by atoms with Crippen LogP contribution in [0, 0.1) is 0 Å². The van der Waals surface area contributed by atoms with Crippen LogP contribution in [-0.2, 0) is 18.0 Å². The van der Waals surface area contributed by atoms with E-state index in [1.807, 2.05) is 13.8 Å². The van der Waals surface area contributed by atoms with Crippen molar-refractivity contribution in [3.8, 4) is 0 Å². The lowest BCUT2D eigenvalue weighted by molar-refractivity contribution is 0.111. The Hall–Kier alpha value is -1.01. The number of aryl methyl sites for hydroxylation is 1. The first kappa shape index (κ1) is 11.1. The molecule has 0 aliphatic carbocycles. The number of hydrogen-bond acceptors (Lipinski definition) is 3. The van der Waals surface area contributed by atoms with Gasteiger partial charge in [0.2, 0.25) is 0 Å². The number of rotatable bonds is 4. The second-order valence-electron chi connectivity index (χ2n) is 3.21. The number of aldehydes is 1. The van der Waals surface area contributed by atoms with Gasteiger partial charge in [-0.15, -0.1) is 0 Å². The second kappa shape index (κ2) is 4.47. The summed E-state index contributed by atoms with van der Waals surface area (Å²) in [6.07, 6.45) is 2.21. The highest BCUT2D eigenvalue weighted by atomic mass is 32.2. The maximum atomic E-state index is 11.5. The number of carbonyl (C=O) groups is 1. The first-order valence-electron chi connectivity index (χ1n) is 4.21. The molecule has 5 nitrogen and oxygen atoms in total. The van der Waals surface area contributed by atoms with Crippen molar-refractivity contribution in [2.45, 2.75) is 24.9 Å². The van der Waals surface area contributed by atoms with Gasteiger partial charge in [0.15, 0.2) is 17.1 Å². The smallest absolute Gasteiger partial charge is 0.185 e. The molecule has 1 aromatic heterocycles. The lowest BCUT2D eigenvalue weighted by Gasteiger charge is -2.03. The first-order valence-corrected chi connectivity index (χ1v) is 5.36. The number of nitrogens with one attached hydrogen (secondary N) is 1.